The first kappa shape index (κ1) is 15.4. The van der Waals surface area contributed by atoms with Gasteiger partial charge in [0.05, 0.1) is 10.5 Å². The van der Waals surface area contributed by atoms with Crippen LogP contribution in [0.2, 0.25) is 0 Å². The van der Waals surface area contributed by atoms with Crippen molar-refractivity contribution in [3.63, 3.8) is 0 Å². The quantitative estimate of drug-likeness (QED) is 0.647. The predicted octanol–water partition coefficient (Wildman–Crippen LogP) is 3.08. The highest BCUT2D eigenvalue weighted by Gasteiger charge is 2.36. The number of aliphatic hydroxyl groups is 1. The van der Waals surface area contributed by atoms with E-state index >= 15 is 0 Å². The smallest absolute Gasteiger partial charge is 0.324 e. The van der Waals surface area contributed by atoms with Crippen LogP contribution >= 0.6 is 11.3 Å². The van der Waals surface area contributed by atoms with Crippen molar-refractivity contribution >= 4 is 16.3 Å². The van der Waals surface area contributed by atoms with Gasteiger partial charge in [-0.05, 0) is 36.7 Å². The van der Waals surface area contributed by atoms with Crippen molar-refractivity contribution in [1.82, 2.24) is 5.32 Å². The highest BCUT2D eigenvalue weighted by molar-refractivity contribution is 7.13. The topological polar surface area (TPSA) is 75.4 Å². The van der Waals surface area contributed by atoms with Gasteiger partial charge in [-0.1, -0.05) is 25.2 Å². The maximum Gasteiger partial charge on any atom is 0.324 e. The fraction of sp³-hybridized carbons (Fsp3) is 0.714. The molecule has 0 saturated heterocycles. The lowest BCUT2D eigenvalue weighted by Crippen LogP contribution is -2.44. The van der Waals surface area contributed by atoms with E-state index in [2.05, 4.69) is 19.2 Å². The van der Waals surface area contributed by atoms with Gasteiger partial charge in [-0.2, -0.15) is 0 Å². The number of nitrogens with zero attached hydrogens (tertiary/aromatic N) is 1. The fourth-order valence-corrected chi connectivity index (χ4v) is 3.29. The molecule has 2 N–H and O–H groups in total. The molecule has 1 fully saturated rings. The largest absolute Gasteiger partial charge is 0.389 e. The summed E-state index contributed by atoms with van der Waals surface area (Å²) in [7, 11) is 0. The minimum absolute atomic E-state index is 0.167. The van der Waals surface area contributed by atoms with Crippen molar-refractivity contribution in [1.29, 1.82) is 0 Å². The molecule has 1 aromatic heterocycles. The summed E-state index contributed by atoms with van der Waals surface area (Å²) in [6.07, 6.45) is 3.71. The summed E-state index contributed by atoms with van der Waals surface area (Å²) in [4.78, 5) is 10.2. The van der Waals surface area contributed by atoms with Crippen molar-refractivity contribution in [2.45, 2.75) is 51.7 Å². The molecule has 1 heterocycles. The molecule has 112 valence electrons. The van der Waals surface area contributed by atoms with E-state index in [4.69, 9.17) is 0 Å². The van der Waals surface area contributed by atoms with Crippen molar-refractivity contribution in [3.05, 3.63) is 27.1 Å². The van der Waals surface area contributed by atoms with Gasteiger partial charge < -0.3 is 10.4 Å². The molecule has 0 unspecified atom stereocenters. The fourth-order valence-electron chi connectivity index (χ4n) is 2.56. The molecule has 5 nitrogen and oxygen atoms in total. The van der Waals surface area contributed by atoms with Gasteiger partial charge in [0.15, 0.2) is 0 Å². The highest BCUT2D eigenvalue weighted by atomic mass is 32.1. The highest BCUT2D eigenvalue weighted by Crippen LogP contribution is 2.39. The number of rotatable bonds is 5. The summed E-state index contributed by atoms with van der Waals surface area (Å²) >= 11 is 1.14. The lowest BCUT2D eigenvalue weighted by Gasteiger charge is -2.40. The van der Waals surface area contributed by atoms with Crippen LogP contribution in [0.5, 0.6) is 0 Å². The van der Waals surface area contributed by atoms with E-state index < -0.39 is 5.60 Å². The zero-order chi connectivity index (χ0) is 14.8. The molecule has 1 aromatic rings. The lowest BCUT2D eigenvalue weighted by atomic mass is 9.71. The molecule has 1 saturated carbocycles. The van der Waals surface area contributed by atoms with Gasteiger partial charge >= 0.3 is 5.00 Å². The van der Waals surface area contributed by atoms with E-state index in [9.17, 15) is 15.2 Å². The normalized spacial score (nSPS) is 20.8. The van der Waals surface area contributed by atoms with E-state index in [-0.39, 0.29) is 9.92 Å². The third-order valence-corrected chi connectivity index (χ3v) is 5.07. The molecular weight excluding hydrogens is 276 g/mol. The number of nitro groups is 1. The molecule has 0 bridgehead atoms. The molecular formula is C14H22N2O3S. The summed E-state index contributed by atoms with van der Waals surface area (Å²) < 4.78 is 0. The third kappa shape index (κ3) is 4.01. The second-order valence-electron chi connectivity index (χ2n) is 6.54. The molecule has 0 spiro atoms. The van der Waals surface area contributed by atoms with Gasteiger partial charge in [-0.3, -0.25) is 10.1 Å². The zero-order valence-corrected chi connectivity index (χ0v) is 12.8. The molecule has 0 radical (unpaired) electrons. The van der Waals surface area contributed by atoms with Crippen LogP contribution in [0.15, 0.2) is 11.4 Å². The summed E-state index contributed by atoms with van der Waals surface area (Å²) in [6.45, 7) is 5.60. The number of hydrogen-bond acceptors (Lipinski definition) is 5. The van der Waals surface area contributed by atoms with Crippen molar-refractivity contribution in [2.24, 2.45) is 5.41 Å². The van der Waals surface area contributed by atoms with Crippen molar-refractivity contribution in [3.8, 4) is 0 Å². The first-order valence-electron chi connectivity index (χ1n) is 6.95. The molecule has 0 aromatic carbocycles. The van der Waals surface area contributed by atoms with Crippen LogP contribution in [-0.2, 0) is 6.54 Å². The average molecular weight is 298 g/mol. The Bertz CT molecular complexity index is 475. The molecule has 6 heteroatoms. The molecule has 0 aliphatic heterocycles. The van der Waals surface area contributed by atoms with Gasteiger partial charge in [0.2, 0.25) is 0 Å². The Balaban J connectivity index is 1.79. The Hall–Kier alpha value is -0.980. The monoisotopic (exact) mass is 298 g/mol. The van der Waals surface area contributed by atoms with E-state index in [0.29, 0.717) is 18.5 Å². The Morgan fingerprint density at radius 2 is 2.05 bits per heavy atom. The van der Waals surface area contributed by atoms with Crippen LogP contribution in [0.25, 0.3) is 0 Å². The average Bonchev–Trinajstić information content (AvgIpc) is 2.83. The van der Waals surface area contributed by atoms with E-state index in [1.165, 1.54) is 0 Å². The van der Waals surface area contributed by atoms with Crippen molar-refractivity contribution < 1.29 is 10.0 Å². The summed E-state index contributed by atoms with van der Waals surface area (Å²) in [5.41, 5.74) is 0.610. The Morgan fingerprint density at radius 3 is 2.60 bits per heavy atom. The maximum absolute atomic E-state index is 10.6. The second kappa shape index (κ2) is 5.79. The molecule has 1 aliphatic carbocycles. The van der Waals surface area contributed by atoms with Gasteiger partial charge in [0, 0.05) is 24.5 Å². The standard InChI is InChI=1S/C14H22N2O3S/c1-13(2)3-5-14(17,6-4-13)10-15-8-11-7-12(16(18)19)20-9-11/h7,9,15,17H,3-6,8,10H2,1-2H3. The van der Waals surface area contributed by atoms with E-state index in [1.807, 2.05) is 0 Å². The van der Waals surface area contributed by atoms with Crippen LogP contribution in [0.4, 0.5) is 5.00 Å². The van der Waals surface area contributed by atoms with E-state index in [0.717, 1.165) is 42.6 Å². The number of hydrogen-bond donors (Lipinski definition) is 2. The van der Waals surface area contributed by atoms with E-state index in [1.54, 1.807) is 11.4 Å². The van der Waals surface area contributed by atoms with Crippen LogP contribution in [-0.4, -0.2) is 22.2 Å². The summed E-state index contributed by atoms with van der Waals surface area (Å²) in [5, 5.41) is 26.3. The van der Waals surface area contributed by atoms with Gasteiger partial charge in [0.1, 0.15) is 0 Å². The Labute approximate surface area is 123 Å². The minimum Gasteiger partial charge on any atom is -0.389 e. The SMILES string of the molecule is CC1(C)CCC(O)(CNCc2csc([N+](=O)[O-])c2)CC1. The van der Waals surface area contributed by atoms with Crippen molar-refractivity contribution in [2.75, 3.05) is 6.54 Å². The Morgan fingerprint density at radius 1 is 1.40 bits per heavy atom. The molecule has 2 rings (SSSR count). The Kier molecular flexibility index (Phi) is 4.46. The van der Waals surface area contributed by atoms with Gasteiger partial charge in [-0.15, -0.1) is 0 Å². The maximum atomic E-state index is 10.6. The van der Waals surface area contributed by atoms with Crippen LogP contribution in [0.3, 0.4) is 0 Å². The van der Waals surface area contributed by atoms with Crippen LogP contribution < -0.4 is 5.32 Å². The third-order valence-electron chi connectivity index (χ3n) is 4.14. The van der Waals surface area contributed by atoms with Gasteiger partial charge in [-0.25, -0.2) is 0 Å². The minimum atomic E-state index is -0.628. The molecule has 1 aliphatic rings. The second-order valence-corrected chi connectivity index (χ2v) is 7.43. The summed E-state index contributed by atoms with van der Waals surface area (Å²) in [5.74, 6) is 0. The molecule has 0 amide bonds. The first-order chi connectivity index (χ1) is 9.30. The zero-order valence-electron chi connectivity index (χ0n) is 12.0. The number of nitrogens with one attached hydrogen (secondary N) is 1. The molecule has 0 atom stereocenters. The van der Waals surface area contributed by atoms with Crippen LogP contribution in [0.1, 0.15) is 45.1 Å². The van der Waals surface area contributed by atoms with Gasteiger partial charge in [0.25, 0.3) is 0 Å². The lowest BCUT2D eigenvalue weighted by molar-refractivity contribution is -0.380. The summed E-state index contributed by atoms with van der Waals surface area (Å²) in [6, 6.07) is 1.59. The predicted molar refractivity (Wildman–Crippen MR) is 79.9 cm³/mol. The number of thiophene rings is 1. The van der Waals surface area contributed by atoms with Crippen LogP contribution in [0, 0.1) is 15.5 Å². The molecule has 20 heavy (non-hydrogen) atoms. The first-order valence-corrected chi connectivity index (χ1v) is 7.83.